The summed E-state index contributed by atoms with van der Waals surface area (Å²) in [7, 11) is 0. The first-order valence-electron chi connectivity index (χ1n) is 5.95. The highest BCUT2D eigenvalue weighted by molar-refractivity contribution is 7.99. The summed E-state index contributed by atoms with van der Waals surface area (Å²) < 4.78 is 0. The van der Waals surface area contributed by atoms with Gasteiger partial charge in [0.1, 0.15) is 0 Å². The highest BCUT2D eigenvalue weighted by atomic mass is 32.2. The van der Waals surface area contributed by atoms with Gasteiger partial charge in [-0.25, -0.2) is 0 Å². The third-order valence-electron chi connectivity index (χ3n) is 2.84. The Morgan fingerprint density at radius 2 is 2.06 bits per heavy atom. The number of rotatable bonds is 4. The maximum atomic E-state index is 11.7. The predicted octanol–water partition coefficient (Wildman–Crippen LogP) is -0.324. The van der Waals surface area contributed by atoms with Crippen molar-refractivity contribution in [1.82, 2.24) is 15.5 Å². The van der Waals surface area contributed by atoms with Crippen LogP contribution in [-0.2, 0) is 9.59 Å². The molecule has 1 unspecified atom stereocenters. The Morgan fingerprint density at radius 3 is 2.65 bits per heavy atom. The lowest BCUT2D eigenvalue weighted by molar-refractivity contribution is -0.146. The summed E-state index contributed by atoms with van der Waals surface area (Å²) in [5, 5.41) is 6.33. The molecule has 1 saturated heterocycles. The van der Waals surface area contributed by atoms with E-state index in [2.05, 4.69) is 17.6 Å². The van der Waals surface area contributed by atoms with E-state index >= 15 is 0 Å². The molecule has 1 fully saturated rings. The van der Waals surface area contributed by atoms with Crippen LogP contribution in [0.1, 0.15) is 13.3 Å². The van der Waals surface area contributed by atoms with Gasteiger partial charge in [0.05, 0.1) is 0 Å². The molecule has 5 nitrogen and oxygen atoms in total. The van der Waals surface area contributed by atoms with Crippen molar-refractivity contribution in [3.05, 3.63) is 0 Å². The molecule has 0 aromatic heterocycles. The normalized spacial score (nSPS) is 17.6. The Bertz CT molecular complexity index is 267. The Labute approximate surface area is 107 Å². The largest absolute Gasteiger partial charge is 0.348 e. The summed E-state index contributed by atoms with van der Waals surface area (Å²) in [6.45, 7) is 5.44. The Balaban J connectivity index is 2.24. The molecule has 17 heavy (non-hydrogen) atoms. The Hall–Kier alpha value is -0.750. The van der Waals surface area contributed by atoms with E-state index in [9.17, 15) is 9.59 Å². The second-order valence-electron chi connectivity index (χ2n) is 4.13. The van der Waals surface area contributed by atoms with E-state index in [0.717, 1.165) is 19.5 Å². The summed E-state index contributed by atoms with van der Waals surface area (Å²) in [4.78, 5) is 24.9. The van der Waals surface area contributed by atoms with Crippen LogP contribution in [0.4, 0.5) is 0 Å². The number of nitrogens with one attached hydrogen (secondary N) is 2. The van der Waals surface area contributed by atoms with Crippen molar-refractivity contribution in [1.29, 1.82) is 0 Å². The number of carbonyl (C=O) groups excluding carboxylic acids is 2. The van der Waals surface area contributed by atoms with Gasteiger partial charge in [-0.1, -0.05) is 6.92 Å². The van der Waals surface area contributed by atoms with Gasteiger partial charge in [-0.05, 0) is 12.7 Å². The van der Waals surface area contributed by atoms with Gasteiger partial charge in [-0.2, -0.15) is 11.8 Å². The lowest BCUT2D eigenvalue weighted by Crippen LogP contribution is -2.51. The van der Waals surface area contributed by atoms with Gasteiger partial charge in [0, 0.05) is 38.0 Å². The number of hydrogen-bond acceptors (Lipinski definition) is 4. The molecule has 1 atom stereocenters. The highest BCUT2D eigenvalue weighted by Crippen LogP contribution is 2.07. The van der Waals surface area contributed by atoms with Crippen LogP contribution >= 0.6 is 11.8 Å². The molecule has 0 saturated carbocycles. The van der Waals surface area contributed by atoms with Gasteiger partial charge in [-0.15, -0.1) is 0 Å². The van der Waals surface area contributed by atoms with E-state index in [0.29, 0.717) is 24.9 Å². The maximum absolute atomic E-state index is 11.7. The molecule has 1 heterocycles. The van der Waals surface area contributed by atoms with E-state index < -0.39 is 11.8 Å². The highest BCUT2D eigenvalue weighted by Gasteiger charge is 2.22. The van der Waals surface area contributed by atoms with Crippen molar-refractivity contribution in [3.8, 4) is 0 Å². The van der Waals surface area contributed by atoms with Gasteiger partial charge in [0.25, 0.3) is 0 Å². The van der Waals surface area contributed by atoms with Crippen LogP contribution in [0.25, 0.3) is 0 Å². The van der Waals surface area contributed by atoms with Crippen molar-refractivity contribution in [2.75, 3.05) is 39.0 Å². The van der Waals surface area contributed by atoms with Gasteiger partial charge in [-0.3, -0.25) is 9.59 Å². The quantitative estimate of drug-likeness (QED) is 0.679. The molecule has 6 heteroatoms. The fourth-order valence-corrected chi connectivity index (χ4v) is 1.95. The monoisotopic (exact) mass is 259 g/mol. The van der Waals surface area contributed by atoms with Crippen LogP contribution in [0.5, 0.6) is 0 Å². The lowest BCUT2D eigenvalue weighted by Gasteiger charge is -2.26. The standard InChI is InChI=1S/C11H21N3O2S/c1-9(17-2)3-4-13-10(15)11(16)14-7-5-12-6-8-14/h9,12H,3-8H2,1-2H3,(H,13,15). The molecule has 1 aliphatic rings. The first-order chi connectivity index (χ1) is 8.15. The van der Waals surface area contributed by atoms with Crippen LogP contribution in [0.15, 0.2) is 0 Å². The molecule has 2 amide bonds. The summed E-state index contributed by atoms with van der Waals surface area (Å²) in [5.41, 5.74) is 0. The number of hydrogen-bond donors (Lipinski definition) is 2. The van der Waals surface area contributed by atoms with Crippen LogP contribution in [0, 0.1) is 0 Å². The topological polar surface area (TPSA) is 61.4 Å². The molecule has 0 bridgehead atoms. The van der Waals surface area contributed by atoms with Crippen LogP contribution < -0.4 is 10.6 Å². The SMILES string of the molecule is CSC(C)CCNC(=O)C(=O)N1CCNCC1. The molecule has 0 radical (unpaired) electrons. The van der Waals surface area contributed by atoms with Gasteiger partial charge in [0.15, 0.2) is 0 Å². The molecular weight excluding hydrogens is 238 g/mol. The third-order valence-corrected chi connectivity index (χ3v) is 3.88. The fourth-order valence-electron chi connectivity index (χ4n) is 1.59. The van der Waals surface area contributed by atoms with Crippen LogP contribution in [0.3, 0.4) is 0 Å². The average Bonchev–Trinajstić information content (AvgIpc) is 2.38. The van der Waals surface area contributed by atoms with Gasteiger partial charge in [0.2, 0.25) is 0 Å². The zero-order valence-electron chi connectivity index (χ0n) is 10.5. The summed E-state index contributed by atoms with van der Waals surface area (Å²) in [5.74, 6) is -0.872. The number of carbonyl (C=O) groups is 2. The molecule has 1 aliphatic heterocycles. The van der Waals surface area contributed by atoms with E-state index in [1.54, 1.807) is 16.7 Å². The molecule has 98 valence electrons. The number of nitrogens with zero attached hydrogens (tertiary/aromatic N) is 1. The van der Waals surface area contributed by atoms with E-state index in [4.69, 9.17) is 0 Å². The van der Waals surface area contributed by atoms with Crippen molar-refractivity contribution >= 4 is 23.6 Å². The Kier molecular flexibility index (Phi) is 6.36. The minimum Gasteiger partial charge on any atom is -0.348 e. The van der Waals surface area contributed by atoms with Crippen LogP contribution in [-0.4, -0.2) is 60.9 Å². The molecule has 0 aliphatic carbocycles. The Morgan fingerprint density at radius 1 is 1.41 bits per heavy atom. The zero-order chi connectivity index (χ0) is 12.7. The number of thioether (sulfide) groups is 1. The molecule has 0 spiro atoms. The van der Waals surface area contributed by atoms with Crippen molar-refractivity contribution in [2.24, 2.45) is 0 Å². The minimum absolute atomic E-state index is 0.400. The van der Waals surface area contributed by atoms with Gasteiger partial charge < -0.3 is 15.5 Å². The minimum atomic E-state index is -0.472. The zero-order valence-corrected chi connectivity index (χ0v) is 11.3. The van der Waals surface area contributed by atoms with Crippen molar-refractivity contribution in [3.63, 3.8) is 0 Å². The molecule has 0 aromatic carbocycles. The maximum Gasteiger partial charge on any atom is 0.311 e. The molecule has 2 N–H and O–H groups in total. The first-order valence-corrected chi connectivity index (χ1v) is 7.24. The molecule has 1 rings (SSSR count). The number of amides is 2. The first kappa shape index (κ1) is 14.3. The third kappa shape index (κ3) is 4.95. The fraction of sp³-hybridized carbons (Fsp3) is 0.818. The van der Waals surface area contributed by atoms with E-state index in [1.165, 1.54) is 0 Å². The number of piperazine rings is 1. The predicted molar refractivity (Wildman–Crippen MR) is 70.1 cm³/mol. The van der Waals surface area contributed by atoms with Crippen molar-refractivity contribution < 1.29 is 9.59 Å². The summed E-state index contributed by atoms with van der Waals surface area (Å²) in [6.07, 6.45) is 2.93. The summed E-state index contributed by atoms with van der Waals surface area (Å²) >= 11 is 1.76. The van der Waals surface area contributed by atoms with Crippen LogP contribution in [0.2, 0.25) is 0 Å². The second kappa shape index (κ2) is 7.55. The van der Waals surface area contributed by atoms with E-state index in [-0.39, 0.29) is 0 Å². The smallest absolute Gasteiger partial charge is 0.311 e. The second-order valence-corrected chi connectivity index (χ2v) is 5.41. The lowest BCUT2D eigenvalue weighted by atomic mass is 10.3. The molecular formula is C11H21N3O2S. The average molecular weight is 259 g/mol. The molecule has 0 aromatic rings. The van der Waals surface area contributed by atoms with E-state index in [1.807, 2.05) is 6.26 Å². The summed E-state index contributed by atoms with van der Waals surface area (Å²) in [6, 6.07) is 0. The van der Waals surface area contributed by atoms with Gasteiger partial charge >= 0.3 is 11.8 Å². The van der Waals surface area contributed by atoms with Crippen molar-refractivity contribution in [2.45, 2.75) is 18.6 Å².